The van der Waals surface area contributed by atoms with E-state index in [1.54, 1.807) is 41.3 Å². The summed E-state index contributed by atoms with van der Waals surface area (Å²) in [5.74, 6) is -0.0851. The highest BCUT2D eigenvalue weighted by molar-refractivity contribution is 6.30. The quantitative estimate of drug-likeness (QED) is 0.643. The molecular weight excluding hydrogens is 369 g/mol. The van der Waals surface area contributed by atoms with Gasteiger partial charge in [0.1, 0.15) is 11.9 Å². The van der Waals surface area contributed by atoms with Crippen LogP contribution in [-0.4, -0.2) is 27.5 Å². The number of aromatic nitrogens is 2. The molecule has 27 heavy (non-hydrogen) atoms. The van der Waals surface area contributed by atoms with E-state index in [0.29, 0.717) is 29.7 Å². The van der Waals surface area contributed by atoms with Gasteiger partial charge in [0.05, 0.1) is 5.56 Å². The van der Waals surface area contributed by atoms with E-state index in [9.17, 15) is 9.18 Å². The highest BCUT2D eigenvalue weighted by Gasteiger charge is 2.33. The SMILES string of the molecule is O=C(c1ccccc1F)N1CCCCC1c1nc(-c2ccc(Cl)cc2)no1. The molecule has 138 valence electrons. The van der Waals surface area contributed by atoms with Crippen LogP contribution in [-0.2, 0) is 0 Å². The maximum absolute atomic E-state index is 14.1. The van der Waals surface area contributed by atoms with Gasteiger partial charge in [-0.1, -0.05) is 28.9 Å². The maximum Gasteiger partial charge on any atom is 0.257 e. The number of nitrogens with zero attached hydrogens (tertiary/aromatic N) is 3. The van der Waals surface area contributed by atoms with Crippen molar-refractivity contribution in [1.82, 2.24) is 15.0 Å². The number of piperidine rings is 1. The largest absolute Gasteiger partial charge is 0.337 e. The van der Waals surface area contributed by atoms with E-state index in [-0.39, 0.29) is 17.5 Å². The number of hydrogen-bond donors (Lipinski definition) is 0. The van der Waals surface area contributed by atoms with Crippen molar-refractivity contribution in [1.29, 1.82) is 0 Å². The Morgan fingerprint density at radius 1 is 1.15 bits per heavy atom. The van der Waals surface area contributed by atoms with Gasteiger partial charge < -0.3 is 9.42 Å². The Labute approximate surface area is 160 Å². The number of hydrogen-bond acceptors (Lipinski definition) is 4. The molecule has 1 aliphatic heterocycles. The lowest BCUT2D eigenvalue weighted by Gasteiger charge is -2.33. The maximum atomic E-state index is 14.1. The molecule has 3 aromatic rings. The molecule has 1 fully saturated rings. The number of benzene rings is 2. The molecule has 7 heteroatoms. The van der Waals surface area contributed by atoms with Crippen LogP contribution in [0.2, 0.25) is 5.02 Å². The molecule has 0 radical (unpaired) electrons. The number of carbonyl (C=O) groups excluding carboxylic acids is 1. The fraction of sp³-hybridized carbons (Fsp3) is 0.250. The molecule has 1 aliphatic rings. The summed E-state index contributed by atoms with van der Waals surface area (Å²) in [6.07, 6.45) is 2.49. The molecule has 0 N–H and O–H groups in total. The summed E-state index contributed by atoms with van der Waals surface area (Å²) in [7, 11) is 0. The first-order valence-electron chi connectivity index (χ1n) is 8.78. The lowest BCUT2D eigenvalue weighted by molar-refractivity contribution is 0.0556. The fourth-order valence-corrected chi connectivity index (χ4v) is 3.43. The molecule has 0 bridgehead atoms. The summed E-state index contributed by atoms with van der Waals surface area (Å²) < 4.78 is 19.5. The Balaban J connectivity index is 1.62. The molecule has 1 amide bonds. The van der Waals surface area contributed by atoms with Gasteiger partial charge in [-0.15, -0.1) is 0 Å². The van der Waals surface area contributed by atoms with Gasteiger partial charge in [0.2, 0.25) is 11.7 Å². The second kappa shape index (κ2) is 7.48. The van der Waals surface area contributed by atoms with Crippen molar-refractivity contribution in [2.45, 2.75) is 25.3 Å². The van der Waals surface area contributed by atoms with Crippen LogP contribution in [0.5, 0.6) is 0 Å². The Morgan fingerprint density at radius 3 is 2.70 bits per heavy atom. The third kappa shape index (κ3) is 3.57. The summed E-state index contributed by atoms with van der Waals surface area (Å²) in [5.41, 5.74) is 0.832. The van der Waals surface area contributed by atoms with Crippen LogP contribution in [0.4, 0.5) is 4.39 Å². The van der Waals surface area contributed by atoms with Crippen molar-refractivity contribution in [3.63, 3.8) is 0 Å². The zero-order valence-electron chi connectivity index (χ0n) is 14.4. The third-order valence-corrected chi connectivity index (χ3v) is 4.95. The molecular formula is C20H17ClFN3O2. The van der Waals surface area contributed by atoms with Crippen molar-refractivity contribution in [2.75, 3.05) is 6.54 Å². The molecule has 0 saturated carbocycles. The van der Waals surface area contributed by atoms with E-state index in [2.05, 4.69) is 10.1 Å². The smallest absolute Gasteiger partial charge is 0.257 e. The van der Waals surface area contributed by atoms with Crippen molar-refractivity contribution in [2.24, 2.45) is 0 Å². The fourth-order valence-electron chi connectivity index (χ4n) is 3.31. The second-order valence-corrected chi connectivity index (χ2v) is 6.89. The summed E-state index contributed by atoms with van der Waals surface area (Å²) >= 11 is 5.91. The van der Waals surface area contributed by atoms with Crippen LogP contribution in [0, 0.1) is 5.82 Å². The zero-order chi connectivity index (χ0) is 18.8. The van der Waals surface area contributed by atoms with Gasteiger partial charge in [0, 0.05) is 17.1 Å². The minimum atomic E-state index is -0.529. The van der Waals surface area contributed by atoms with Gasteiger partial charge >= 0.3 is 0 Å². The molecule has 0 aliphatic carbocycles. The Kier molecular flexibility index (Phi) is 4.90. The third-order valence-electron chi connectivity index (χ3n) is 4.70. The Morgan fingerprint density at radius 2 is 1.93 bits per heavy atom. The normalized spacial score (nSPS) is 17.1. The topological polar surface area (TPSA) is 59.2 Å². The molecule has 0 spiro atoms. The van der Waals surface area contributed by atoms with Crippen LogP contribution in [0.25, 0.3) is 11.4 Å². The van der Waals surface area contributed by atoms with E-state index >= 15 is 0 Å². The summed E-state index contributed by atoms with van der Waals surface area (Å²) in [6.45, 7) is 0.524. The van der Waals surface area contributed by atoms with E-state index in [1.807, 2.05) is 0 Å². The number of likely N-dealkylation sites (tertiary alicyclic amines) is 1. The highest BCUT2D eigenvalue weighted by Crippen LogP contribution is 2.32. The highest BCUT2D eigenvalue weighted by atomic mass is 35.5. The average Bonchev–Trinajstić information content (AvgIpc) is 3.18. The standard InChI is InChI=1S/C20H17ClFN3O2/c21-14-10-8-13(9-11-14)18-23-19(27-24-18)17-7-3-4-12-25(17)20(26)15-5-1-2-6-16(15)22/h1-2,5-6,8-11,17H,3-4,7,12H2. The lowest BCUT2D eigenvalue weighted by atomic mass is 10.0. The van der Waals surface area contributed by atoms with Crippen LogP contribution in [0.15, 0.2) is 53.1 Å². The van der Waals surface area contributed by atoms with Gasteiger partial charge in [-0.3, -0.25) is 4.79 Å². The summed E-state index contributed by atoms with van der Waals surface area (Å²) in [6, 6.07) is 12.8. The monoisotopic (exact) mass is 385 g/mol. The number of amides is 1. The minimum absolute atomic E-state index is 0.0573. The Bertz CT molecular complexity index is 958. The van der Waals surface area contributed by atoms with Gasteiger partial charge in [0.15, 0.2) is 0 Å². The number of carbonyl (C=O) groups is 1. The average molecular weight is 386 g/mol. The molecule has 1 unspecified atom stereocenters. The van der Waals surface area contributed by atoms with Crippen molar-refractivity contribution < 1.29 is 13.7 Å². The van der Waals surface area contributed by atoms with Crippen LogP contribution >= 0.6 is 11.6 Å². The minimum Gasteiger partial charge on any atom is -0.337 e. The first kappa shape index (κ1) is 17.7. The molecule has 4 rings (SSSR count). The number of halogens is 2. The van der Waals surface area contributed by atoms with Gasteiger partial charge in [0.25, 0.3) is 5.91 Å². The van der Waals surface area contributed by atoms with Gasteiger partial charge in [-0.05, 0) is 55.7 Å². The van der Waals surface area contributed by atoms with Crippen molar-refractivity contribution >= 4 is 17.5 Å². The first-order valence-corrected chi connectivity index (χ1v) is 9.16. The van der Waals surface area contributed by atoms with Crippen LogP contribution in [0.1, 0.15) is 41.6 Å². The molecule has 1 atom stereocenters. The van der Waals surface area contributed by atoms with E-state index in [4.69, 9.17) is 16.1 Å². The zero-order valence-corrected chi connectivity index (χ0v) is 15.2. The Hall–Kier alpha value is -2.73. The van der Waals surface area contributed by atoms with Gasteiger partial charge in [-0.2, -0.15) is 4.98 Å². The summed E-state index contributed by atoms with van der Waals surface area (Å²) in [5, 5.41) is 4.66. The lowest BCUT2D eigenvalue weighted by Crippen LogP contribution is -2.39. The first-order chi connectivity index (χ1) is 13.1. The number of rotatable bonds is 3. The van der Waals surface area contributed by atoms with Crippen molar-refractivity contribution in [3.05, 3.63) is 70.8 Å². The summed E-state index contributed by atoms with van der Waals surface area (Å²) in [4.78, 5) is 19.0. The predicted molar refractivity (Wildman–Crippen MR) is 98.8 cm³/mol. The van der Waals surface area contributed by atoms with Crippen molar-refractivity contribution in [3.8, 4) is 11.4 Å². The second-order valence-electron chi connectivity index (χ2n) is 6.45. The van der Waals surface area contributed by atoms with E-state index < -0.39 is 5.82 Å². The van der Waals surface area contributed by atoms with Crippen LogP contribution < -0.4 is 0 Å². The molecule has 5 nitrogen and oxygen atoms in total. The van der Waals surface area contributed by atoms with E-state index in [0.717, 1.165) is 18.4 Å². The molecule has 1 aromatic heterocycles. The molecule has 1 saturated heterocycles. The molecule has 2 heterocycles. The predicted octanol–water partition coefficient (Wildman–Crippen LogP) is 4.90. The van der Waals surface area contributed by atoms with Gasteiger partial charge in [-0.25, -0.2) is 4.39 Å². The van der Waals surface area contributed by atoms with Crippen LogP contribution in [0.3, 0.4) is 0 Å². The molecule has 2 aromatic carbocycles. The van der Waals surface area contributed by atoms with E-state index in [1.165, 1.54) is 12.1 Å².